The topological polar surface area (TPSA) is 59.1 Å². The summed E-state index contributed by atoms with van der Waals surface area (Å²) in [7, 11) is 0. The summed E-state index contributed by atoms with van der Waals surface area (Å²) in [6.07, 6.45) is 3.29. The molecule has 0 amide bonds. The van der Waals surface area contributed by atoms with Crippen molar-refractivity contribution in [2.24, 2.45) is 5.73 Å². The highest BCUT2D eigenvalue weighted by atomic mass is 16.3. The van der Waals surface area contributed by atoms with Gasteiger partial charge in [0.1, 0.15) is 5.60 Å². The quantitative estimate of drug-likeness (QED) is 0.760. The van der Waals surface area contributed by atoms with Crippen LogP contribution in [0, 0.1) is 6.92 Å². The van der Waals surface area contributed by atoms with Crippen molar-refractivity contribution in [2.45, 2.75) is 32.3 Å². The Balaban J connectivity index is 2.94. The molecule has 0 fully saturated rings. The van der Waals surface area contributed by atoms with Gasteiger partial charge in [-0.25, -0.2) is 0 Å². The van der Waals surface area contributed by atoms with E-state index in [0.717, 1.165) is 17.7 Å². The van der Waals surface area contributed by atoms with E-state index >= 15 is 0 Å². The Kier molecular flexibility index (Phi) is 3.61. The van der Waals surface area contributed by atoms with E-state index < -0.39 is 5.60 Å². The lowest BCUT2D eigenvalue weighted by Crippen LogP contribution is -2.34. The Bertz CT molecular complexity index is 284. The lowest BCUT2D eigenvalue weighted by Gasteiger charge is -2.26. The van der Waals surface area contributed by atoms with E-state index in [9.17, 15) is 5.11 Å². The zero-order chi connectivity index (χ0) is 10.6. The summed E-state index contributed by atoms with van der Waals surface area (Å²) in [4.78, 5) is 4.16. The number of pyridine rings is 1. The van der Waals surface area contributed by atoms with Gasteiger partial charge in [-0.15, -0.1) is 0 Å². The molecule has 0 bridgehead atoms. The fourth-order valence-corrected chi connectivity index (χ4v) is 1.52. The van der Waals surface area contributed by atoms with E-state index in [4.69, 9.17) is 5.73 Å². The predicted octanol–water partition coefficient (Wildman–Crippen LogP) is 1.34. The average Bonchev–Trinajstić information content (AvgIpc) is 2.19. The van der Waals surface area contributed by atoms with Gasteiger partial charge in [-0.05, 0) is 19.4 Å². The molecule has 1 heterocycles. The Labute approximate surface area is 85.0 Å². The molecule has 0 aliphatic heterocycles. The third kappa shape index (κ3) is 2.30. The largest absolute Gasteiger partial charge is 0.384 e. The van der Waals surface area contributed by atoms with E-state index in [0.29, 0.717) is 6.42 Å². The van der Waals surface area contributed by atoms with Gasteiger partial charge in [0.05, 0.1) is 0 Å². The van der Waals surface area contributed by atoms with Crippen LogP contribution < -0.4 is 5.73 Å². The number of aliphatic hydroxyl groups is 1. The lowest BCUT2D eigenvalue weighted by molar-refractivity contribution is 0.0356. The monoisotopic (exact) mass is 194 g/mol. The van der Waals surface area contributed by atoms with Gasteiger partial charge in [-0.2, -0.15) is 0 Å². The molecule has 1 unspecified atom stereocenters. The molecular formula is C11H18N2O. The number of hydrogen-bond acceptors (Lipinski definition) is 3. The maximum Gasteiger partial charge on any atom is 0.103 e. The van der Waals surface area contributed by atoms with E-state index in [-0.39, 0.29) is 6.54 Å². The van der Waals surface area contributed by atoms with Crippen LogP contribution >= 0.6 is 0 Å². The van der Waals surface area contributed by atoms with Gasteiger partial charge >= 0.3 is 0 Å². The summed E-state index contributed by atoms with van der Waals surface area (Å²) in [5.41, 5.74) is 6.44. The summed E-state index contributed by atoms with van der Waals surface area (Å²) < 4.78 is 0. The molecule has 78 valence electrons. The Morgan fingerprint density at radius 1 is 1.50 bits per heavy atom. The molecule has 1 aromatic rings. The number of nitrogens with zero attached hydrogens (tertiary/aromatic N) is 1. The van der Waals surface area contributed by atoms with Crippen molar-refractivity contribution in [3.8, 4) is 0 Å². The molecule has 0 saturated carbocycles. The minimum absolute atomic E-state index is 0.242. The van der Waals surface area contributed by atoms with E-state index in [2.05, 4.69) is 4.98 Å². The zero-order valence-corrected chi connectivity index (χ0v) is 8.83. The molecule has 1 aromatic heterocycles. The van der Waals surface area contributed by atoms with Crippen LogP contribution in [-0.2, 0) is 5.60 Å². The first-order valence-electron chi connectivity index (χ1n) is 4.98. The first-order valence-corrected chi connectivity index (χ1v) is 4.98. The SMILES string of the molecule is CCCC(O)(CN)c1ccc(C)nc1. The highest BCUT2D eigenvalue weighted by Crippen LogP contribution is 2.24. The summed E-state index contributed by atoms with van der Waals surface area (Å²) in [5.74, 6) is 0. The van der Waals surface area contributed by atoms with Gasteiger partial charge in [0, 0.05) is 24.0 Å². The highest BCUT2D eigenvalue weighted by molar-refractivity contribution is 5.20. The fourth-order valence-electron chi connectivity index (χ4n) is 1.52. The minimum atomic E-state index is -0.907. The van der Waals surface area contributed by atoms with E-state index in [1.807, 2.05) is 26.0 Å². The van der Waals surface area contributed by atoms with Crippen molar-refractivity contribution in [3.05, 3.63) is 29.6 Å². The molecule has 0 radical (unpaired) electrons. The summed E-state index contributed by atoms with van der Waals surface area (Å²) in [5, 5.41) is 10.2. The second-order valence-corrected chi connectivity index (χ2v) is 3.67. The van der Waals surface area contributed by atoms with Gasteiger partial charge in [0.25, 0.3) is 0 Å². The van der Waals surface area contributed by atoms with Crippen LogP contribution in [-0.4, -0.2) is 16.6 Å². The fraction of sp³-hybridized carbons (Fsp3) is 0.545. The maximum atomic E-state index is 10.2. The molecular weight excluding hydrogens is 176 g/mol. The van der Waals surface area contributed by atoms with Crippen LogP contribution in [0.25, 0.3) is 0 Å². The molecule has 1 atom stereocenters. The van der Waals surface area contributed by atoms with E-state index in [1.54, 1.807) is 6.20 Å². The van der Waals surface area contributed by atoms with Crippen LogP contribution in [0.15, 0.2) is 18.3 Å². The van der Waals surface area contributed by atoms with Crippen molar-refractivity contribution in [1.29, 1.82) is 0 Å². The molecule has 0 spiro atoms. The average molecular weight is 194 g/mol. The molecule has 0 saturated heterocycles. The second-order valence-electron chi connectivity index (χ2n) is 3.67. The second kappa shape index (κ2) is 4.53. The van der Waals surface area contributed by atoms with Gasteiger partial charge < -0.3 is 10.8 Å². The normalized spacial score (nSPS) is 15.1. The van der Waals surface area contributed by atoms with Crippen LogP contribution in [0.4, 0.5) is 0 Å². The lowest BCUT2D eigenvalue weighted by atomic mass is 9.90. The van der Waals surface area contributed by atoms with Crippen LogP contribution in [0.1, 0.15) is 31.0 Å². The first kappa shape index (κ1) is 11.1. The van der Waals surface area contributed by atoms with Crippen LogP contribution in [0.3, 0.4) is 0 Å². The van der Waals surface area contributed by atoms with Gasteiger partial charge in [0.15, 0.2) is 0 Å². The molecule has 3 heteroatoms. The molecule has 0 aliphatic carbocycles. The third-order valence-electron chi connectivity index (χ3n) is 2.45. The van der Waals surface area contributed by atoms with E-state index in [1.165, 1.54) is 0 Å². The number of aryl methyl sites for hydroxylation is 1. The maximum absolute atomic E-state index is 10.2. The molecule has 1 rings (SSSR count). The summed E-state index contributed by atoms with van der Waals surface area (Å²) in [6, 6.07) is 3.79. The van der Waals surface area contributed by atoms with Crippen LogP contribution in [0.2, 0.25) is 0 Å². The Morgan fingerprint density at radius 3 is 2.64 bits per heavy atom. The molecule has 0 aromatic carbocycles. The smallest absolute Gasteiger partial charge is 0.103 e. The molecule has 3 nitrogen and oxygen atoms in total. The first-order chi connectivity index (χ1) is 6.62. The van der Waals surface area contributed by atoms with Crippen molar-refractivity contribution in [2.75, 3.05) is 6.54 Å². The number of nitrogens with two attached hydrogens (primary N) is 1. The summed E-state index contributed by atoms with van der Waals surface area (Å²) >= 11 is 0. The van der Waals surface area contributed by atoms with Crippen molar-refractivity contribution in [1.82, 2.24) is 4.98 Å². The number of aromatic nitrogens is 1. The van der Waals surface area contributed by atoms with Crippen molar-refractivity contribution in [3.63, 3.8) is 0 Å². The van der Waals surface area contributed by atoms with Gasteiger partial charge in [-0.3, -0.25) is 4.98 Å². The molecule has 3 N–H and O–H groups in total. The number of rotatable bonds is 4. The third-order valence-corrected chi connectivity index (χ3v) is 2.45. The standard InChI is InChI=1S/C11H18N2O/c1-3-6-11(14,8-12)10-5-4-9(2)13-7-10/h4-5,7,14H,3,6,8,12H2,1-2H3. The van der Waals surface area contributed by atoms with Crippen molar-refractivity contribution >= 4 is 0 Å². The predicted molar refractivity (Wildman–Crippen MR) is 56.8 cm³/mol. The number of hydrogen-bond donors (Lipinski definition) is 2. The zero-order valence-electron chi connectivity index (χ0n) is 8.83. The summed E-state index contributed by atoms with van der Waals surface area (Å²) in [6.45, 7) is 4.19. The Morgan fingerprint density at radius 2 is 2.21 bits per heavy atom. The Hall–Kier alpha value is -0.930. The van der Waals surface area contributed by atoms with Crippen molar-refractivity contribution < 1.29 is 5.11 Å². The van der Waals surface area contributed by atoms with Gasteiger partial charge in [0.2, 0.25) is 0 Å². The van der Waals surface area contributed by atoms with Gasteiger partial charge in [-0.1, -0.05) is 19.4 Å². The van der Waals surface area contributed by atoms with Crippen LogP contribution in [0.5, 0.6) is 0 Å². The minimum Gasteiger partial charge on any atom is -0.384 e. The molecule has 14 heavy (non-hydrogen) atoms. The molecule has 0 aliphatic rings. The highest BCUT2D eigenvalue weighted by Gasteiger charge is 2.26.